The lowest BCUT2D eigenvalue weighted by atomic mass is 10.1. The molecule has 0 aliphatic heterocycles. The van der Waals surface area contributed by atoms with Gasteiger partial charge in [0.15, 0.2) is 0 Å². The van der Waals surface area contributed by atoms with Crippen LogP contribution in [0.25, 0.3) is 0 Å². The molecular formula is C12H20N2O2. The molecule has 1 saturated carbocycles. The van der Waals surface area contributed by atoms with Gasteiger partial charge in [0.2, 0.25) is 0 Å². The first-order chi connectivity index (χ1) is 7.65. The Morgan fingerprint density at radius 3 is 2.88 bits per heavy atom. The lowest BCUT2D eigenvalue weighted by Gasteiger charge is -2.14. The van der Waals surface area contributed by atoms with Gasteiger partial charge in [0.1, 0.15) is 12.4 Å². The number of nitrogens with one attached hydrogen (secondary N) is 1. The van der Waals surface area contributed by atoms with Gasteiger partial charge in [-0.2, -0.15) is 4.98 Å². The maximum Gasteiger partial charge on any atom is 0.394 e. The quantitative estimate of drug-likeness (QED) is 0.805. The fourth-order valence-corrected chi connectivity index (χ4v) is 1.26. The van der Waals surface area contributed by atoms with Gasteiger partial charge in [-0.3, -0.25) is 0 Å². The van der Waals surface area contributed by atoms with E-state index in [0.29, 0.717) is 18.0 Å². The molecule has 0 aromatic carbocycles. The topological polar surface area (TPSA) is 47.3 Å². The summed E-state index contributed by atoms with van der Waals surface area (Å²) in [5.41, 5.74) is 0.915. The van der Waals surface area contributed by atoms with Crippen LogP contribution in [0.1, 0.15) is 39.3 Å². The molecular weight excluding hydrogens is 204 g/mol. The minimum Gasteiger partial charge on any atom is -0.447 e. The number of aromatic nitrogens is 1. The normalized spacial score (nSPS) is 17.8. The summed E-state index contributed by atoms with van der Waals surface area (Å²) in [7, 11) is 0. The molecule has 1 aliphatic rings. The van der Waals surface area contributed by atoms with E-state index in [2.05, 4.69) is 24.1 Å². The summed E-state index contributed by atoms with van der Waals surface area (Å²) in [4.78, 5) is 4.28. The van der Waals surface area contributed by atoms with Crippen molar-refractivity contribution in [3.8, 4) is 6.08 Å². The highest BCUT2D eigenvalue weighted by atomic mass is 16.6. The molecule has 1 atom stereocenters. The van der Waals surface area contributed by atoms with Gasteiger partial charge >= 0.3 is 6.08 Å². The molecule has 1 aromatic rings. The van der Waals surface area contributed by atoms with Gasteiger partial charge in [-0.15, -0.1) is 0 Å². The molecule has 0 radical (unpaired) electrons. The summed E-state index contributed by atoms with van der Waals surface area (Å²) in [6.45, 7) is 7.02. The van der Waals surface area contributed by atoms with Gasteiger partial charge in [-0.1, -0.05) is 13.8 Å². The predicted octanol–water partition coefficient (Wildman–Crippen LogP) is 2.35. The summed E-state index contributed by atoms with van der Waals surface area (Å²) in [6.07, 6.45) is 4.74. The zero-order valence-corrected chi connectivity index (χ0v) is 10.2. The molecule has 0 bridgehead atoms. The molecule has 16 heavy (non-hydrogen) atoms. The highest BCUT2D eigenvalue weighted by molar-refractivity contribution is 5.01. The van der Waals surface area contributed by atoms with Gasteiger partial charge in [0.25, 0.3) is 0 Å². The standard InChI is InChI=1S/C12H20N2O2/c1-8(2)9(3)16-12-14-11(7-15-12)6-13-10-4-5-10/h7-10,13H,4-6H2,1-3H3. The van der Waals surface area contributed by atoms with Crippen molar-refractivity contribution in [2.45, 2.75) is 52.3 Å². The molecule has 4 heteroatoms. The first-order valence-corrected chi connectivity index (χ1v) is 5.99. The molecule has 0 saturated heterocycles. The van der Waals surface area contributed by atoms with Crippen LogP contribution >= 0.6 is 0 Å². The monoisotopic (exact) mass is 224 g/mol. The van der Waals surface area contributed by atoms with Crippen molar-refractivity contribution in [1.82, 2.24) is 10.3 Å². The van der Waals surface area contributed by atoms with Crippen molar-refractivity contribution in [3.05, 3.63) is 12.0 Å². The number of hydrogen-bond donors (Lipinski definition) is 1. The fourth-order valence-electron chi connectivity index (χ4n) is 1.26. The number of ether oxygens (including phenoxy) is 1. The molecule has 4 nitrogen and oxygen atoms in total. The number of rotatable bonds is 6. The Kier molecular flexibility index (Phi) is 3.49. The van der Waals surface area contributed by atoms with Crippen molar-refractivity contribution < 1.29 is 9.15 Å². The molecule has 0 spiro atoms. The summed E-state index contributed by atoms with van der Waals surface area (Å²) < 4.78 is 10.8. The molecule has 1 aromatic heterocycles. The van der Waals surface area contributed by atoms with Gasteiger partial charge in [-0.05, 0) is 25.7 Å². The second-order valence-corrected chi connectivity index (χ2v) is 4.83. The average molecular weight is 224 g/mol. The van der Waals surface area contributed by atoms with E-state index in [1.165, 1.54) is 12.8 Å². The Bertz CT molecular complexity index is 332. The highest BCUT2D eigenvalue weighted by Gasteiger charge is 2.21. The summed E-state index contributed by atoms with van der Waals surface area (Å²) >= 11 is 0. The zero-order valence-electron chi connectivity index (χ0n) is 10.2. The van der Waals surface area contributed by atoms with Crippen molar-refractivity contribution in [2.24, 2.45) is 5.92 Å². The van der Waals surface area contributed by atoms with E-state index in [4.69, 9.17) is 9.15 Å². The first kappa shape index (κ1) is 11.5. The maximum absolute atomic E-state index is 5.57. The molecule has 90 valence electrons. The third-order valence-corrected chi connectivity index (χ3v) is 2.91. The minimum atomic E-state index is 0.128. The van der Waals surface area contributed by atoms with Crippen molar-refractivity contribution in [1.29, 1.82) is 0 Å². The van der Waals surface area contributed by atoms with Crippen LogP contribution in [-0.4, -0.2) is 17.1 Å². The minimum absolute atomic E-state index is 0.128. The highest BCUT2D eigenvalue weighted by Crippen LogP contribution is 2.20. The van der Waals surface area contributed by atoms with Crippen LogP contribution in [0.5, 0.6) is 6.08 Å². The number of oxazole rings is 1. The van der Waals surface area contributed by atoms with E-state index in [-0.39, 0.29) is 6.10 Å². The van der Waals surface area contributed by atoms with E-state index in [1.54, 1.807) is 6.26 Å². The number of hydrogen-bond acceptors (Lipinski definition) is 4. The Morgan fingerprint density at radius 2 is 2.25 bits per heavy atom. The molecule has 1 heterocycles. The van der Waals surface area contributed by atoms with E-state index in [0.717, 1.165) is 12.2 Å². The van der Waals surface area contributed by atoms with Crippen LogP contribution < -0.4 is 10.1 Å². The summed E-state index contributed by atoms with van der Waals surface area (Å²) in [6, 6.07) is 0.690. The lowest BCUT2D eigenvalue weighted by molar-refractivity contribution is 0.123. The van der Waals surface area contributed by atoms with Crippen LogP contribution in [0.3, 0.4) is 0 Å². The van der Waals surface area contributed by atoms with Gasteiger partial charge in [0, 0.05) is 12.6 Å². The third kappa shape index (κ3) is 3.23. The van der Waals surface area contributed by atoms with Crippen molar-refractivity contribution >= 4 is 0 Å². The van der Waals surface area contributed by atoms with Crippen LogP contribution in [0.2, 0.25) is 0 Å². The molecule has 1 aliphatic carbocycles. The second kappa shape index (κ2) is 4.87. The first-order valence-electron chi connectivity index (χ1n) is 5.99. The largest absolute Gasteiger partial charge is 0.447 e. The Hall–Kier alpha value is -1.03. The van der Waals surface area contributed by atoms with Gasteiger partial charge < -0.3 is 14.5 Å². The number of nitrogens with zero attached hydrogens (tertiary/aromatic N) is 1. The van der Waals surface area contributed by atoms with Gasteiger partial charge in [-0.25, -0.2) is 0 Å². The molecule has 1 unspecified atom stereocenters. The predicted molar refractivity (Wildman–Crippen MR) is 61.3 cm³/mol. The van der Waals surface area contributed by atoms with Crippen LogP contribution in [0.4, 0.5) is 0 Å². The molecule has 1 fully saturated rings. The Labute approximate surface area is 96.4 Å². The van der Waals surface area contributed by atoms with E-state index >= 15 is 0 Å². The lowest BCUT2D eigenvalue weighted by Crippen LogP contribution is -2.19. The van der Waals surface area contributed by atoms with E-state index in [9.17, 15) is 0 Å². The smallest absolute Gasteiger partial charge is 0.394 e. The second-order valence-electron chi connectivity index (χ2n) is 4.83. The van der Waals surface area contributed by atoms with Gasteiger partial charge in [0.05, 0.1) is 5.69 Å². The van der Waals surface area contributed by atoms with E-state index < -0.39 is 0 Å². The average Bonchev–Trinajstić information content (AvgIpc) is 2.97. The SMILES string of the molecule is CC(C)C(C)Oc1nc(CNC2CC2)co1. The van der Waals surface area contributed by atoms with Crippen molar-refractivity contribution in [2.75, 3.05) is 0 Å². The van der Waals surface area contributed by atoms with Crippen molar-refractivity contribution in [3.63, 3.8) is 0 Å². The summed E-state index contributed by atoms with van der Waals surface area (Å²) in [5, 5.41) is 3.38. The molecule has 1 N–H and O–H groups in total. The molecule has 0 amide bonds. The maximum atomic E-state index is 5.57. The van der Waals surface area contributed by atoms with Crippen LogP contribution in [-0.2, 0) is 6.54 Å². The van der Waals surface area contributed by atoms with Crippen LogP contribution in [0.15, 0.2) is 10.7 Å². The Balaban J connectivity index is 1.81. The van der Waals surface area contributed by atoms with E-state index in [1.807, 2.05) is 6.92 Å². The summed E-state index contributed by atoms with van der Waals surface area (Å²) in [5.74, 6) is 0.458. The van der Waals surface area contributed by atoms with Crippen LogP contribution in [0, 0.1) is 5.92 Å². The molecule has 2 rings (SSSR count). The third-order valence-electron chi connectivity index (χ3n) is 2.91. The Morgan fingerprint density at radius 1 is 1.50 bits per heavy atom. The fraction of sp³-hybridized carbons (Fsp3) is 0.750. The zero-order chi connectivity index (χ0) is 11.5.